The number of hydrogen-bond acceptors (Lipinski definition) is 4. The van der Waals surface area contributed by atoms with Crippen molar-refractivity contribution in [1.82, 2.24) is 19.5 Å². The molecule has 2 aromatic heterocycles. The summed E-state index contributed by atoms with van der Waals surface area (Å²) in [6.45, 7) is 4.12. The largest absolute Gasteiger partial charge is 0.369 e. The van der Waals surface area contributed by atoms with Gasteiger partial charge in [0.25, 0.3) is 5.56 Å². The highest BCUT2D eigenvalue weighted by atomic mass is 16.1. The number of benzene rings is 1. The van der Waals surface area contributed by atoms with Gasteiger partial charge in [-0.15, -0.1) is 0 Å². The number of fused-ring (bicyclic) bond motifs is 1. The first-order chi connectivity index (χ1) is 9.61. The van der Waals surface area contributed by atoms with Gasteiger partial charge in [0.2, 0.25) is 5.95 Å². The molecule has 0 atom stereocenters. The SMILES string of the molecule is CCc1cc(-n2c(N)nc3nc[nH]c3c2=O)ccc1C. The summed E-state index contributed by atoms with van der Waals surface area (Å²) in [5.41, 5.74) is 9.46. The molecule has 0 radical (unpaired) electrons. The molecule has 0 fully saturated rings. The van der Waals surface area contributed by atoms with Crippen LogP contribution in [0.5, 0.6) is 0 Å². The smallest absolute Gasteiger partial charge is 0.285 e. The lowest BCUT2D eigenvalue weighted by molar-refractivity contribution is 0.966. The lowest BCUT2D eigenvalue weighted by Gasteiger charge is -2.11. The molecule has 0 aliphatic rings. The third kappa shape index (κ3) is 1.77. The first-order valence-corrected chi connectivity index (χ1v) is 6.43. The molecule has 0 spiro atoms. The fourth-order valence-corrected chi connectivity index (χ4v) is 2.33. The van der Waals surface area contributed by atoms with Crippen molar-refractivity contribution in [3.05, 3.63) is 46.0 Å². The van der Waals surface area contributed by atoms with Crippen LogP contribution in [-0.2, 0) is 6.42 Å². The molecule has 20 heavy (non-hydrogen) atoms. The Balaban J connectivity index is 2.31. The first-order valence-electron chi connectivity index (χ1n) is 6.43. The highest BCUT2D eigenvalue weighted by molar-refractivity contribution is 5.70. The number of nitrogens with two attached hydrogens (primary N) is 1. The molecule has 3 rings (SSSR count). The van der Waals surface area contributed by atoms with E-state index < -0.39 is 0 Å². The van der Waals surface area contributed by atoms with Gasteiger partial charge in [-0.2, -0.15) is 4.98 Å². The lowest BCUT2D eigenvalue weighted by Crippen LogP contribution is -2.23. The predicted octanol–water partition coefficient (Wildman–Crippen LogP) is 1.56. The number of aromatic nitrogens is 4. The monoisotopic (exact) mass is 269 g/mol. The maximum atomic E-state index is 12.5. The van der Waals surface area contributed by atoms with Crippen molar-refractivity contribution in [3.63, 3.8) is 0 Å². The molecule has 0 saturated carbocycles. The zero-order chi connectivity index (χ0) is 14.3. The Morgan fingerprint density at radius 1 is 1.40 bits per heavy atom. The van der Waals surface area contributed by atoms with Crippen LogP contribution in [0.25, 0.3) is 16.9 Å². The van der Waals surface area contributed by atoms with Gasteiger partial charge in [0.15, 0.2) is 11.2 Å². The minimum absolute atomic E-state index is 0.139. The van der Waals surface area contributed by atoms with Crippen LogP contribution in [0.1, 0.15) is 18.1 Å². The van der Waals surface area contributed by atoms with E-state index in [2.05, 4.69) is 21.9 Å². The van der Waals surface area contributed by atoms with Crippen LogP contribution in [0.3, 0.4) is 0 Å². The quantitative estimate of drug-likeness (QED) is 0.738. The van der Waals surface area contributed by atoms with E-state index >= 15 is 0 Å². The number of H-pyrrole nitrogens is 1. The Bertz CT molecular complexity index is 846. The van der Waals surface area contributed by atoms with Crippen LogP contribution in [-0.4, -0.2) is 19.5 Å². The summed E-state index contributed by atoms with van der Waals surface area (Å²) in [6.07, 6.45) is 2.34. The molecular formula is C14H15N5O. The van der Waals surface area contributed by atoms with Crippen molar-refractivity contribution in [2.24, 2.45) is 0 Å². The number of nitrogen functional groups attached to an aromatic ring is 1. The molecule has 0 aliphatic carbocycles. The topological polar surface area (TPSA) is 89.6 Å². The van der Waals surface area contributed by atoms with Crippen molar-refractivity contribution in [3.8, 4) is 5.69 Å². The third-order valence-corrected chi connectivity index (χ3v) is 3.46. The van der Waals surface area contributed by atoms with E-state index in [1.807, 2.05) is 25.1 Å². The number of aryl methyl sites for hydroxylation is 2. The van der Waals surface area contributed by atoms with Crippen LogP contribution in [0, 0.1) is 6.92 Å². The van der Waals surface area contributed by atoms with E-state index in [0.29, 0.717) is 11.2 Å². The molecule has 1 aromatic carbocycles. The normalized spacial score (nSPS) is 11.1. The summed E-state index contributed by atoms with van der Waals surface area (Å²) >= 11 is 0. The number of nitrogens with one attached hydrogen (secondary N) is 1. The molecule has 6 heteroatoms. The fourth-order valence-electron chi connectivity index (χ4n) is 2.33. The first kappa shape index (κ1) is 12.4. The van der Waals surface area contributed by atoms with Gasteiger partial charge in [0.1, 0.15) is 0 Å². The standard InChI is InChI=1S/C14H15N5O/c1-3-9-6-10(5-4-8(9)2)19-13(20)11-12(17-7-16-11)18-14(19)15/h4-7H,3H2,1-2H3,(H2,15,18)(H,16,17). The van der Waals surface area contributed by atoms with Crippen LogP contribution in [0.2, 0.25) is 0 Å². The zero-order valence-electron chi connectivity index (χ0n) is 11.3. The Labute approximate surface area is 115 Å². The van der Waals surface area contributed by atoms with Gasteiger partial charge in [0.05, 0.1) is 12.0 Å². The van der Waals surface area contributed by atoms with E-state index in [1.165, 1.54) is 22.0 Å². The minimum atomic E-state index is -0.240. The molecule has 0 amide bonds. The molecule has 0 unspecified atom stereocenters. The number of imidazole rings is 1. The number of hydrogen-bond donors (Lipinski definition) is 2. The average Bonchev–Trinajstić information content (AvgIpc) is 2.89. The number of anilines is 1. The van der Waals surface area contributed by atoms with Gasteiger partial charge in [-0.1, -0.05) is 13.0 Å². The lowest BCUT2D eigenvalue weighted by atomic mass is 10.1. The predicted molar refractivity (Wildman–Crippen MR) is 78.0 cm³/mol. The summed E-state index contributed by atoms with van der Waals surface area (Å²) in [7, 11) is 0. The molecule has 0 aliphatic heterocycles. The molecule has 3 N–H and O–H groups in total. The Hall–Kier alpha value is -2.63. The van der Waals surface area contributed by atoms with Gasteiger partial charge < -0.3 is 10.7 Å². The Kier molecular flexibility index (Phi) is 2.78. The second-order valence-electron chi connectivity index (χ2n) is 4.68. The number of aromatic amines is 1. The van der Waals surface area contributed by atoms with E-state index in [1.54, 1.807) is 0 Å². The van der Waals surface area contributed by atoms with Crippen LogP contribution in [0.15, 0.2) is 29.3 Å². The number of rotatable bonds is 2. The molecule has 0 saturated heterocycles. The van der Waals surface area contributed by atoms with Crippen molar-refractivity contribution < 1.29 is 0 Å². The van der Waals surface area contributed by atoms with E-state index in [4.69, 9.17) is 5.73 Å². The van der Waals surface area contributed by atoms with E-state index in [-0.39, 0.29) is 11.5 Å². The van der Waals surface area contributed by atoms with Gasteiger partial charge in [-0.3, -0.25) is 4.79 Å². The van der Waals surface area contributed by atoms with Gasteiger partial charge in [-0.25, -0.2) is 9.55 Å². The summed E-state index contributed by atoms with van der Waals surface area (Å²) in [5, 5.41) is 0. The molecule has 102 valence electrons. The van der Waals surface area contributed by atoms with E-state index in [9.17, 15) is 4.79 Å². The third-order valence-electron chi connectivity index (χ3n) is 3.46. The summed E-state index contributed by atoms with van der Waals surface area (Å²) in [5.74, 6) is 0.139. The van der Waals surface area contributed by atoms with Crippen LogP contribution in [0.4, 0.5) is 5.95 Å². The van der Waals surface area contributed by atoms with Crippen molar-refractivity contribution in [1.29, 1.82) is 0 Å². The van der Waals surface area contributed by atoms with Gasteiger partial charge in [-0.05, 0) is 36.6 Å². The summed E-state index contributed by atoms with van der Waals surface area (Å²) in [6, 6.07) is 5.82. The fraction of sp³-hybridized carbons (Fsp3) is 0.214. The van der Waals surface area contributed by atoms with Crippen molar-refractivity contribution in [2.45, 2.75) is 20.3 Å². The second-order valence-corrected chi connectivity index (χ2v) is 4.68. The highest BCUT2D eigenvalue weighted by Gasteiger charge is 2.12. The van der Waals surface area contributed by atoms with Gasteiger partial charge >= 0.3 is 0 Å². The van der Waals surface area contributed by atoms with Gasteiger partial charge in [0, 0.05) is 0 Å². The summed E-state index contributed by atoms with van der Waals surface area (Å²) in [4.78, 5) is 23.4. The Morgan fingerprint density at radius 3 is 2.95 bits per heavy atom. The Morgan fingerprint density at radius 2 is 2.20 bits per heavy atom. The van der Waals surface area contributed by atoms with Crippen molar-refractivity contribution >= 4 is 17.1 Å². The maximum absolute atomic E-state index is 12.5. The van der Waals surface area contributed by atoms with Crippen molar-refractivity contribution in [2.75, 3.05) is 5.73 Å². The average molecular weight is 269 g/mol. The van der Waals surface area contributed by atoms with Crippen LogP contribution >= 0.6 is 0 Å². The molecular weight excluding hydrogens is 254 g/mol. The van der Waals surface area contributed by atoms with Crippen LogP contribution < -0.4 is 11.3 Å². The zero-order valence-corrected chi connectivity index (χ0v) is 11.3. The molecule has 2 heterocycles. The molecule has 3 aromatic rings. The minimum Gasteiger partial charge on any atom is -0.369 e. The van der Waals surface area contributed by atoms with E-state index in [0.717, 1.165) is 12.1 Å². The highest BCUT2D eigenvalue weighted by Crippen LogP contribution is 2.17. The number of nitrogens with zero attached hydrogens (tertiary/aromatic N) is 3. The second kappa shape index (κ2) is 4.48. The summed E-state index contributed by atoms with van der Waals surface area (Å²) < 4.78 is 1.40. The molecule has 6 nitrogen and oxygen atoms in total. The molecule has 0 bridgehead atoms. The maximum Gasteiger partial charge on any atom is 0.285 e.